The highest BCUT2D eigenvalue weighted by Crippen LogP contribution is 2.18. The minimum absolute atomic E-state index is 0.0307. The summed E-state index contributed by atoms with van der Waals surface area (Å²) in [6.07, 6.45) is 0. The highest BCUT2D eigenvalue weighted by Gasteiger charge is 2.20. The first-order valence-corrected chi connectivity index (χ1v) is 6.85. The number of benzene rings is 2. The van der Waals surface area contributed by atoms with E-state index >= 15 is 0 Å². The molecule has 0 heterocycles. The molecule has 0 aromatic heterocycles. The lowest BCUT2D eigenvalue weighted by molar-refractivity contribution is 0.423. The molecule has 0 saturated carbocycles. The van der Waals surface area contributed by atoms with Crippen molar-refractivity contribution in [3.05, 3.63) is 65.7 Å². The van der Waals surface area contributed by atoms with Crippen molar-refractivity contribution < 1.29 is 10.0 Å². The molecule has 0 saturated heterocycles. The second-order valence-corrected chi connectivity index (χ2v) is 5.02. The average molecular weight is 269 g/mol. The third kappa shape index (κ3) is 3.48. The Morgan fingerprint density at radius 1 is 0.850 bits per heavy atom. The predicted molar refractivity (Wildman–Crippen MR) is 82.7 cm³/mol. The van der Waals surface area contributed by atoms with Gasteiger partial charge in [0.05, 0.1) is 0 Å². The lowest BCUT2D eigenvalue weighted by Crippen LogP contribution is -2.36. The van der Waals surface area contributed by atoms with E-state index in [4.69, 9.17) is 0 Å². The van der Waals surface area contributed by atoms with Gasteiger partial charge in [0.25, 0.3) is 0 Å². The van der Waals surface area contributed by atoms with Gasteiger partial charge in [-0.25, -0.2) is 0 Å². The van der Waals surface area contributed by atoms with Gasteiger partial charge in [0.1, 0.15) is 0 Å². The van der Waals surface area contributed by atoms with Gasteiger partial charge >= 0.3 is 7.12 Å². The van der Waals surface area contributed by atoms with Crippen LogP contribution in [0.15, 0.2) is 54.6 Å². The van der Waals surface area contributed by atoms with E-state index in [-0.39, 0.29) is 12.1 Å². The van der Waals surface area contributed by atoms with Crippen molar-refractivity contribution in [2.24, 2.45) is 0 Å². The zero-order chi connectivity index (χ0) is 14.5. The summed E-state index contributed by atoms with van der Waals surface area (Å²) in [6.45, 7) is 4.13. The maximum atomic E-state index is 9.43. The Kier molecular flexibility index (Phi) is 4.96. The first-order valence-electron chi connectivity index (χ1n) is 6.85. The second kappa shape index (κ2) is 6.70. The fourth-order valence-corrected chi connectivity index (χ4v) is 2.44. The summed E-state index contributed by atoms with van der Waals surface area (Å²) >= 11 is 0. The molecule has 3 N–H and O–H groups in total. The highest BCUT2D eigenvalue weighted by molar-refractivity contribution is 6.59. The normalized spacial score (nSPS) is 13.8. The fourth-order valence-electron chi connectivity index (χ4n) is 2.44. The van der Waals surface area contributed by atoms with Crippen LogP contribution in [0.3, 0.4) is 0 Å². The van der Waals surface area contributed by atoms with Crippen molar-refractivity contribution in [3.8, 4) is 0 Å². The highest BCUT2D eigenvalue weighted by atomic mass is 16.4. The predicted octanol–water partition coefficient (Wildman–Crippen LogP) is 1.78. The maximum Gasteiger partial charge on any atom is 0.488 e. The summed E-state index contributed by atoms with van der Waals surface area (Å²) in [5.74, 6) is 0. The van der Waals surface area contributed by atoms with Crippen molar-refractivity contribution in [2.75, 3.05) is 0 Å². The summed E-state index contributed by atoms with van der Waals surface area (Å²) in [4.78, 5) is 0. The van der Waals surface area contributed by atoms with Crippen LogP contribution in [0.25, 0.3) is 0 Å². The summed E-state index contributed by atoms with van der Waals surface area (Å²) in [6, 6.07) is 17.8. The quantitative estimate of drug-likeness (QED) is 0.725. The number of hydrogen-bond donors (Lipinski definition) is 3. The first-order chi connectivity index (χ1) is 9.59. The van der Waals surface area contributed by atoms with Gasteiger partial charge in [0.15, 0.2) is 0 Å². The van der Waals surface area contributed by atoms with E-state index in [1.54, 1.807) is 6.07 Å². The van der Waals surface area contributed by atoms with Crippen LogP contribution < -0.4 is 10.8 Å². The van der Waals surface area contributed by atoms with Gasteiger partial charge in [-0.2, -0.15) is 0 Å². The molecule has 2 atom stereocenters. The first kappa shape index (κ1) is 14.8. The summed E-state index contributed by atoms with van der Waals surface area (Å²) < 4.78 is 0. The van der Waals surface area contributed by atoms with E-state index in [0.29, 0.717) is 5.46 Å². The smallest absolute Gasteiger partial charge is 0.423 e. The van der Waals surface area contributed by atoms with Crippen LogP contribution in [0, 0.1) is 0 Å². The van der Waals surface area contributed by atoms with E-state index in [1.165, 1.54) is 5.56 Å². The van der Waals surface area contributed by atoms with E-state index in [2.05, 4.69) is 24.4 Å². The Bertz CT molecular complexity index is 545. The molecule has 0 unspecified atom stereocenters. The molecule has 0 fully saturated rings. The van der Waals surface area contributed by atoms with E-state index in [9.17, 15) is 10.0 Å². The fraction of sp³-hybridized carbons (Fsp3) is 0.250. The van der Waals surface area contributed by atoms with Crippen LogP contribution in [-0.2, 0) is 0 Å². The van der Waals surface area contributed by atoms with Crippen molar-refractivity contribution in [3.63, 3.8) is 0 Å². The Balaban J connectivity index is 2.14. The van der Waals surface area contributed by atoms with Crippen molar-refractivity contribution in [1.82, 2.24) is 5.32 Å². The van der Waals surface area contributed by atoms with Gasteiger partial charge in [0.2, 0.25) is 0 Å². The Morgan fingerprint density at radius 3 is 2.10 bits per heavy atom. The molecule has 2 rings (SSSR count). The molecule has 3 nitrogen and oxygen atoms in total. The molecule has 104 valence electrons. The third-order valence-corrected chi connectivity index (χ3v) is 3.54. The Labute approximate surface area is 120 Å². The topological polar surface area (TPSA) is 52.5 Å². The van der Waals surface area contributed by atoms with Crippen LogP contribution in [-0.4, -0.2) is 17.2 Å². The summed E-state index contributed by atoms with van der Waals surface area (Å²) in [5.41, 5.74) is 2.67. The molecule has 0 aliphatic heterocycles. The zero-order valence-electron chi connectivity index (χ0n) is 11.8. The lowest BCUT2D eigenvalue weighted by atomic mass is 9.75. The van der Waals surface area contributed by atoms with Gasteiger partial charge < -0.3 is 15.4 Å². The van der Waals surface area contributed by atoms with Gasteiger partial charge in [-0.05, 0) is 30.4 Å². The second-order valence-electron chi connectivity index (χ2n) is 5.02. The SMILES string of the molecule is C[C@H](N[C@@H](C)c1ccccc1B(O)O)c1ccccc1. The van der Waals surface area contributed by atoms with E-state index in [1.807, 2.05) is 43.3 Å². The molecule has 0 amide bonds. The average Bonchev–Trinajstić information content (AvgIpc) is 2.48. The number of nitrogens with one attached hydrogen (secondary N) is 1. The van der Waals surface area contributed by atoms with Crippen LogP contribution >= 0.6 is 0 Å². The molecule has 0 aliphatic rings. The molecular formula is C16H20BNO2. The molecule has 0 spiro atoms. The van der Waals surface area contributed by atoms with Crippen LogP contribution in [0.1, 0.15) is 37.1 Å². The standard InChI is InChI=1S/C16H20BNO2/c1-12(14-8-4-3-5-9-14)18-13(2)15-10-6-7-11-16(15)17(19)20/h3-13,18-20H,1-2H3/t12-,13-/m0/s1. The van der Waals surface area contributed by atoms with Crippen LogP contribution in [0.5, 0.6) is 0 Å². The monoisotopic (exact) mass is 269 g/mol. The van der Waals surface area contributed by atoms with Crippen molar-refractivity contribution in [2.45, 2.75) is 25.9 Å². The van der Waals surface area contributed by atoms with Crippen LogP contribution in [0.4, 0.5) is 0 Å². The minimum atomic E-state index is -1.44. The van der Waals surface area contributed by atoms with Crippen LogP contribution in [0.2, 0.25) is 0 Å². The minimum Gasteiger partial charge on any atom is -0.423 e. The van der Waals surface area contributed by atoms with Crippen molar-refractivity contribution >= 4 is 12.6 Å². The molecule has 2 aromatic carbocycles. The molecule has 20 heavy (non-hydrogen) atoms. The summed E-state index contributed by atoms with van der Waals surface area (Å²) in [5, 5.41) is 22.4. The Morgan fingerprint density at radius 2 is 1.45 bits per heavy atom. The molecule has 0 radical (unpaired) electrons. The molecule has 0 aliphatic carbocycles. The van der Waals surface area contributed by atoms with Gasteiger partial charge in [-0.1, -0.05) is 54.6 Å². The number of rotatable bonds is 5. The summed E-state index contributed by atoms with van der Waals surface area (Å²) in [7, 11) is -1.44. The van der Waals surface area contributed by atoms with Gasteiger partial charge in [-0.15, -0.1) is 0 Å². The zero-order valence-corrected chi connectivity index (χ0v) is 11.8. The van der Waals surface area contributed by atoms with Gasteiger partial charge in [-0.3, -0.25) is 0 Å². The Hall–Kier alpha value is -1.62. The lowest BCUT2D eigenvalue weighted by Gasteiger charge is -2.22. The largest absolute Gasteiger partial charge is 0.488 e. The molecule has 2 aromatic rings. The molecule has 0 bridgehead atoms. The van der Waals surface area contributed by atoms with E-state index < -0.39 is 7.12 Å². The number of hydrogen-bond acceptors (Lipinski definition) is 3. The third-order valence-electron chi connectivity index (χ3n) is 3.54. The maximum absolute atomic E-state index is 9.43. The molecular weight excluding hydrogens is 249 g/mol. The van der Waals surface area contributed by atoms with Gasteiger partial charge in [0, 0.05) is 12.1 Å². The molecule has 4 heteroatoms. The van der Waals surface area contributed by atoms with Crippen molar-refractivity contribution in [1.29, 1.82) is 0 Å². The van der Waals surface area contributed by atoms with E-state index in [0.717, 1.165) is 5.56 Å².